The number of hydrogen-bond donors (Lipinski definition) is 2. The largest absolute Gasteiger partial charge is 0.755 e. The van der Waals surface area contributed by atoms with Gasteiger partial charge >= 0.3 is 5.97 Å². The number of benzene rings is 1. The number of nitrogens with zero attached hydrogens (tertiary/aromatic N) is 1. The van der Waals surface area contributed by atoms with Gasteiger partial charge in [-0.15, -0.1) is 11.3 Å². The first-order valence-corrected chi connectivity index (χ1v) is 8.71. The summed E-state index contributed by atoms with van der Waals surface area (Å²) in [6, 6.07) is 3.53. The van der Waals surface area contributed by atoms with Gasteiger partial charge in [0.15, 0.2) is 0 Å². The van der Waals surface area contributed by atoms with E-state index in [1.807, 2.05) is 0 Å². The van der Waals surface area contributed by atoms with Crippen molar-refractivity contribution in [3.05, 3.63) is 38.1 Å². The van der Waals surface area contributed by atoms with E-state index in [1.54, 1.807) is 5.38 Å². The molecular weight excluding hydrogens is 450 g/mol. The van der Waals surface area contributed by atoms with E-state index in [4.69, 9.17) is 5.11 Å². The molecule has 0 radical (unpaired) electrons. The van der Waals surface area contributed by atoms with Crippen LogP contribution in [0.5, 0.6) is 5.75 Å². The highest BCUT2D eigenvalue weighted by Gasteiger charge is 2.20. The van der Waals surface area contributed by atoms with Crippen LogP contribution < -0.4 is 4.31 Å². The summed E-state index contributed by atoms with van der Waals surface area (Å²) in [7, 11) is 0. The number of carboxylic acid groups (broad SMARTS) is 1. The minimum atomic E-state index is -2.64. The number of carbonyl (C=O) groups is 1. The Morgan fingerprint density at radius 1 is 1.38 bits per heavy atom. The maximum Gasteiger partial charge on any atom is 0.339 e. The summed E-state index contributed by atoms with van der Waals surface area (Å²) in [6.45, 7) is 0. The van der Waals surface area contributed by atoms with E-state index >= 15 is 0 Å². The van der Waals surface area contributed by atoms with Gasteiger partial charge in [-0.2, -0.15) is 0 Å². The molecule has 0 spiro atoms. The Morgan fingerprint density at radius 3 is 2.48 bits per heavy atom. The molecule has 1 aromatic heterocycles. The van der Waals surface area contributed by atoms with E-state index in [0.717, 1.165) is 27.8 Å². The highest BCUT2D eigenvalue weighted by molar-refractivity contribution is 9.13. The fourth-order valence-electron chi connectivity index (χ4n) is 1.55. The highest BCUT2D eigenvalue weighted by atomic mass is 79.9. The number of aromatic hydroxyl groups is 1. The Morgan fingerprint density at radius 2 is 2.05 bits per heavy atom. The van der Waals surface area contributed by atoms with Crippen molar-refractivity contribution in [1.29, 1.82) is 0 Å². The van der Waals surface area contributed by atoms with Crippen LogP contribution in [-0.4, -0.2) is 24.9 Å². The van der Waals surface area contributed by atoms with E-state index in [1.165, 1.54) is 6.07 Å². The summed E-state index contributed by atoms with van der Waals surface area (Å²) in [4.78, 5) is 10.9. The third kappa shape index (κ3) is 3.29. The first kappa shape index (κ1) is 16.4. The lowest BCUT2D eigenvalue weighted by atomic mass is 10.2. The number of aromatic carboxylic acids is 1. The molecule has 1 unspecified atom stereocenters. The topological polar surface area (TPSA) is 101 Å². The molecule has 0 fully saturated rings. The molecule has 0 saturated carbocycles. The molecule has 1 heterocycles. The predicted molar refractivity (Wildman–Crippen MR) is 85.8 cm³/mol. The van der Waals surface area contributed by atoms with Gasteiger partial charge in [-0.3, -0.25) is 8.51 Å². The monoisotopic (exact) mass is 454 g/mol. The molecule has 0 bridgehead atoms. The van der Waals surface area contributed by atoms with Gasteiger partial charge in [-0.1, -0.05) is 0 Å². The maximum absolute atomic E-state index is 11.5. The SMILES string of the molecule is O=C(O)c1ccc(N(c2scc(Br)c2Br)S(=O)[O-])cc1O. The number of anilines is 2. The van der Waals surface area contributed by atoms with Crippen LogP contribution >= 0.6 is 43.2 Å². The van der Waals surface area contributed by atoms with E-state index in [2.05, 4.69) is 31.9 Å². The summed E-state index contributed by atoms with van der Waals surface area (Å²) in [5.74, 6) is -1.81. The number of carboxylic acids is 1. The molecule has 2 N–H and O–H groups in total. The third-order valence-electron chi connectivity index (χ3n) is 2.45. The minimum Gasteiger partial charge on any atom is -0.755 e. The van der Waals surface area contributed by atoms with Gasteiger partial charge in [0.1, 0.15) is 16.3 Å². The van der Waals surface area contributed by atoms with Crippen molar-refractivity contribution < 1.29 is 23.8 Å². The molecule has 2 rings (SSSR count). The van der Waals surface area contributed by atoms with Crippen molar-refractivity contribution in [2.75, 3.05) is 4.31 Å². The number of rotatable bonds is 4. The second kappa shape index (κ2) is 6.44. The normalized spacial score (nSPS) is 12.1. The quantitative estimate of drug-likeness (QED) is 0.685. The van der Waals surface area contributed by atoms with Gasteiger partial charge in [0, 0.05) is 15.9 Å². The van der Waals surface area contributed by atoms with Crippen molar-refractivity contribution in [1.82, 2.24) is 0 Å². The summed E-state index contributed by atoms with van der Waals surface area (Å²) in [5, 5.41) is 20.6. The molecule has 112 valence electrons. The lowest BCUT2D eigenvalue weighted by Crippen LogP contribution is -2.19. The smallest absolute Gasteiger partial charge is 0.339 e. The summed E-state index contributed by atoms with van der Waals surface area (Å²) >= 11 is 5.05. The number of phenols is 1. The molecular formula is C11H6Br2NO5S2-. The Balaban J connectivity index is 2.54. The number of thiophene rings is 1. The molecule has 1 aromatic carbocycles. The fourth-order valence-corrected chi connectivity index (χ4v) is 4.56. The predicted octanol–water partition coefficient (Wildman–Crippen LogP) is 3.61. The average Bonchev–Trinajstić information content (AvgIpc) is 2.70. The fraction of sp³-hybridized carbons (Fsp3) is 0. The molecule has 21 heavy (non-hydrogen) atoms. The molecule has 2 aromatic rings. The lowest BCUT2D eigenvalue weighted by molar-refractivity contribution is 0.0694. The van der Waals surface area contributed by atoms with Gasteiger partial charge in [0.05, 0.1) is 21.4 Å². The standard InChI is InChI=1S/C11H7Br2NO5S2/c12-7-4-20-10(9(7)13)14(21(18)19)5-1-2-6(11(16)17)8(15)3-5/h1-4,15H,(H,16,17)(H,18,19)/p-1. The molecule has 0 aliphatic heterocycles. The van der Waals surface area contributed by atoms with Gasteiger partial charge < -0.3 is 14.8 Å². The van der Waals surface area contributed by atoms with E-state index in [0.29, 0.717) is 13.9 Å². The minimum absolute atomic E-state index is 0.126. The van der Waals surface area contributed by atoms with Crippen molar-refractivity contribution in [3.63, 3.8) is 0 Å². The molecule has 10 heteroatoms. The zero-order chi connectivity index (χ0) is 15.7. The molecule has 6 nitrogen and oxygen atoms in total. The zero-order valence-electron chi connectivity index (χ0n) is 9.95. The van der Waals surface area contributed by atoms with Gasteiger partial charge in [-0.05, 0) is 44.0 Å². The van der Waals surface area contributed by atoms with E-state index in [-0.39, 0.29) is 11.3 Å². The van der Waals surface area contributed by atoms with Crippen molar-refractivity contribution in [2.45, 2.75) is 0 Å². The molecule has 0 aliphatic rings. The number of hydrogen-bond acceptors (Lipinski definition) is 5. The second-order valence-corrected chi connectivity index (χ2v) is 7.03. The first-order valence-electron chi connectivity index (χ1n) is 5.21. The average molecular weight is 456 g/mol. The third-order valence-corrected chi connectivity index (χ3v) is 6.75. The van der Waals surface area contributed by atoms with Crippen molar-refractivity contribution in [2.24, 2.45) is 0 Å². The van der Waals surface area contributed by atoms with Crippen LogP contribution in [0.1, 0.15) is 10.4 Å². The van der Waals surface area contributed by atoms with E-state index < -0.39 is 23.0 Å². The Labute approximate surface area is 142 Å². The molecule has 0 aliphatic carbocycles. The highest BCUT2D eigenvalue weighted by Crippen LogP contribution is 2.43. The Kier molecular flexibility index (Phi) is 5.04. The van der Waals surface area contributed by atoms with Crippen LogP contribution in [0.4, 0.5) is 10.7 Å². The van der Waals surface area contributed by atoms with Crippen LogP contribution in [0.3, 0.4) is 0 Å². The first-order chi connectivity index (χ1) is 9.82. The van der Waals surface area contributed by atoms with Crippen LogP contribution in [0.2, 0.25) is 0 Å². The molecule has 0 saturated heterocycles. The Hall–Kier alpha value is -0.940. The number of halogens is 2. The van der Waals surface area contributed by atoms with Gasteiger partial charge in [-0.25, -0.2) is 4.79 Å². The summed E-state index contributed by atoms with van der Waals surface area (Å²) in [6.07, 6.45) is 0. The van der Waals surface area contributed by atoms with Crippen molar-refractivity contribution in [3.8, 4) is 5.75 Å². The maximum atomic E-state index is 11.5. The Bertz CT molecular complexity index is 733. The van der Waals surface area contributed by atoms with Crippen LogP contribution in [-0.2, 0) is 11.3 Å². The zero-order valence-corrected chi connectivity index (χ0v) is 14.8. The molecule has 1 atom stereocenters. The summed E-state index contributed by atoms with van der Waals surface area (Å²) in [5.41, 5.74) is -0.178. The lowest BCUT2D eigenvalue weighted by Gasteiger charge is -2.25. The second-order valence-electron chi connectivity index (χ2n) is 3.72. The van der Waals surface area contributed by atoms with E-state index in [9.17, 15) is 18.7 Å². The molecule has 0 amide bonds. The van der Waals surface area contributed by atoms with Gasteiger partial charge in [0.25, 0.3) is 0 Å². The van der Waals surface area contributed by atoms with Crippen LogP contribution in [0, 0.1) is 0 Å². The van der Waals surface area contributed by atoms with Crippen molar-refractivity contribution >= 4 is 71.1 Å². The van der Waals surface area contributed by atoms with Crippen LogP contribution in [0.25, 0.3) is 0 Å². The van der Waals surface area contributed by atoms with Gasteiger partial charge in [0.2, 0.25) is 0 Å². The summed E-state index contributed by atoms with van der Waals surface area (Å²) < 4.78 is 25.2. The van der Waals surface area contributed by atoms with Crippen LogP contribution in [0.15, 0.2) is 32.5 Å².